The first-order valence-corrected chi connectivity index (χ1v) is 7.10. The van der Waals surface area contributed by atoms with E-state index in [0.717, 1.165) is 43.1 Å². The van der Waals surface area contributed by atoms with Gasteiger partial charge in [0.05, 0.1) is 11.4 Å². The van der Waals surface area contributed by atoms with E-state index >= 15 is 0 Å². The normalized spacial score (nSPS) is 11.2. The minimum atomic E-state index is 0.853. The molecule has 0 aliphatic rings. The zero-order valence-corrected chi connectivity index (χ0v) is 12.8. The van der Waals surface area contributed by atoms with Crippen LogP contribution in [0.3, 0.4) is 0 Å². The van der Waals surface area contributed by atoms with Crippen molar-refractivity contribution in [3.05, 3.63) is 40.7 Å². The van der Waals surface area contributed by atoms with Gasteiger partial charge in [-0.15, -0.1) is 0 Å². The van der Waals surface area contributed by atoms with Gasteiger partial charge in [-0.05, 0) is 38.9 Å². The highest BCUT2D eigenvalue weighted by Crippen LogP contribution is 2.11. The first kappa shape index (κ1) is 14.7. The fourth-order valence-corrected chi connectivity index (χ4v) is 2.30. The Labute approximate surface area is 120 Å². The van der Waals surface area contributed by atoms with Crippen molar-refractivity contribution < 1.29 is 0 Å². The number of likely N-dealkylation sites (N-methyl/N-ethyl adjacent to an activating group) is 1. The molecule has 0 bridgehead atoms. The van der Waals surface area contributed by atoms with Crippen molar-refractivity contribution in [2.75, 3.05) is 13.6 Å². The number of aromatic amines is 1. The highest BCUT2D eigenvalue weighted by Gasteiger charge is 2.08. The van der Waals surface area contributed by atoms with E-state index in [9.17, 15) is 0 Å². The van der Waals surface area contributed by atoms with Crippen molar-refractivity contribution in [1.29, 1.82) is 0 Å². The number of hydrogen-bond acceptors (Lipinski definition) is 4. The molecule has 0 atom stereocenters. The molecule has 0 saturated carbocycles. The van der Waals surface area contributed by atoms with Crippen molar-refractivity contribution in [3.63, 3.8) is 0 Å². The molecule has 2 aromatic heterocycles. The van der Waals surface area contributed by atoms with Crippen molar-refractivity contribution in [1.82, 2.24) is 25.1 Å². The van der Waals surface area contributed by atoms with E-state index in [-0.39, 0.29) is 0 Å². The number of hydrogen-bond donors (Lipinski definition) is 1. The second-order valence-electron chi connectivity index (χ2n) is 5.22. The van der Waals surface area contributed by atoms with Crippen LogP contribution < -0.4 is 0 Å². The van der Waals surface area contributed by atoms with E-state index < -0.39 is 0 Å². The summed E-state index contributed by atoms with van der Waals surface area (Å²) in [5.74, 6) is 0.914. The lowest BCUT2D eigenvalue weighted by Gasteiger charge is -2.16. The predicted octanol–water partition coefficient (Wildman–Crippen LogP) is 2.05. The molecule has 0 aromatic carbocycles. The third-order valence-corrected chi connectivity index (χ3v) is 3.54. The fourth-order valence-electron chi connectivity index (χ4n) is 2.30. The van der Waals surface area contributed by atoms with E-state index in [1.807, 2.05) is 12.3 Å². The molecule has 20 heavy (non-hydrogen) atoms. The quantitative estimate of drug-likeness (QED) is 0.875. The number of aryl methyl sites for hydroxylation is 3. The van der Waals surface area contributed by atoms with Crippen LogP contribution in [0.4, 0.5) is 0 Å². The molecule has 0 unspecified atom stereocenters. The molecule has 2 heterocycles. The molecule has 108 valence electrons. The minimum Gasteiger partial charge on any atom is -0.300 e. The lowest BCUT2D eigenvalue weighted by atomic mass is 10.1. The third-order valence-electron chi connectivity index (χ3n) is 3.54. The average molecular weight is 273 g/mol. The van der Waals surface area contributed by atoms with E-state index in [1.165, 1.54) is 11.3 Å². The minimum absolute atomic E-state index is 0.853. The summed E-state index contributed by atoms with van der Waals surface area (Å²) in [6.45, 7) is 8.05. The topological polar surface area (TPSA) is 57.7 Å². The Morgan fingerprint density at radius 1 is 1.30 bits per heavy atom. The summed E-state index contributed by atoms with van der Waals surface area (Å²) in [7, 11) is 2.12. The molecular weight excluding hydrogens is 250 g/mol. The van der Waals surface area contributed by atoms with Gasteiger partial charge in [0.15, 0.2) is 0 Å². The zero-order valence-electron chi connectivity index (χ0n) is 12.8. The van der Waals surface area contributed by atoms with E-state index in [2.05, 4.69) is 52.9 Å². The Bertz CT molecular complexity index is 542. The number of nitrogens with zero attached hydrogens (tertiary/aromatic N) is 4. The summed E-state index contributed by atoms with van der Waals surface area (Å²) >= 11 is 0. The van der Waals surface area contributed by atoms with Crippen molar-refractivity contribution in [3.8, 4) is 0 Å². The Morgan fingerprint density at radius 3 is 2.75 bits per heavy atom. The molecule has 0 aliphatic heterocycles. The van der Waals surface area contributed by atoms with Gasteiger partial charge in [-0.1, -0.05) is 6.92 Å². The van der Waals surface area contributed by atoms with Crippen LogP contribution >= 0.6 is 0 Å². The van der Waals surface area contributed by atoms with Crippen molar-refractivity contribution >= 4 is 0 Å². The van der Waals surface area contributed by atoms with Crippen molar-refractivity contribution in [2.24, 2.45) is 0 Å². The van der Waals surface area contributed by atoms with Gasteiger partial charge in [0.2, 0.25) is 0 Å². The maximum Gasteiger partial charge on any atom is 0.128 e. The summed E-state index contributed by atoms with van der Waals surface area (Å²) in [4.78, 5) is 11.1. The molecule has 2 rings (SSSR count). The fraction of sp³-hybridized carbons (Fsp3) is 0.533. The van der Waals surface area contributed by atoms with Gasteiger partial charge < -0.3 is 4.90 Å². The zero-order chi connectivity index (χ0) is 14.5. The molecule has 0 fully saturated rings. The molecule has 5 nitrogen and oxygen atoms in total. The lowest BCUT2D eigenvalue weighted by molar-refractivity contribution is 0.326. The second-order valence-corrected chi connectivity index (χ2v) is 5.22. The first-order chi connectivity index (χ1) is 9.60. The van der Waals surface area contributed by atoms with Crippen molar-refractivity contribution in [2.45, 2.75) is 40.2 Å². The van der Waals surface area contributed by atoms with Gasteiger partial charge in [-0.3, -0.25) is 5.10 Å². The number of nitrogens with one attached hydrogen (secondary N) is 1. The van der Waals surface area contributed by atoms with Crippen LogP contribution in [0.5, 0.6) is 0 Å². The second kappa shape index (κ2) is 6.61. The van der Waals surface area contributed by atoms with Gasteiger partial charge in [0, 0.05) is 31.4 Å². The average Bonchev–Trinajstić information content (AvgIpc) is 2.76. The number of H-pyrrole nitrogens is 1. The Kier molecular flexibility index (Phi) is 4.84. The van der Waals surface area contributed by atoms with Crippen LogP contribution in [0.1, 0.15) is 35.4 Å². The molecule has 0 radical (unpaired) electrons. The van der Waals surface area contributed by atoms with Gasteiger partial charge in [0.25, 0.3) is 0 Å². The molecule has 2 aromatic rings. The highest BCUT2D eigenvalue weighted by molar-refractivity contribution is 5.23. The van der Waals surface area contributed by atoms with E-state index in [0.29, 0.717) is 0 Å². The maximum absolute atomic E-state index is 4.54. The smallest absolute Gasteiger partial charge is 0.128 e. The SMILES string of the molecule is CCc1nccc(CN(C)CCc2c(C)n[nH]c2C)n1. The number of aromatic nitrogens is 4. The Hall–Kier alpha value is -1.75. The van der Waals surface area contributed by atoms with Crippen LogP contribution in [-0.4, -0.2) is 38.7 Å². The Balaban J connectivity index is 1.90. The maximum atomic E-state index is 4.54. The monoisotopic (exact) mass is 273 g/mol. The molecule has 5 heteroatoms. The van der Waals surface area contributed by atoms with Crippen LogP contribution in [0.2, 0.25) is 0 Å². The molecule has 0 amide bonds. The third kappa shape index (κ3) is 3.63. The van der Waals surface area contributed by atoms with Crippen LogP contribution in [-0.2, 0) is 19.4 Å². The summed E-state index contributed by atoms with van der Waals surface area (Å²) in [6, 6.07) is 1.99. The van der Waals surface area contributed by atoms with Crippen LogP contribution in [0.15, 0.2) is 12.3 Å². The standard InChI is InChI=1S/C15H23N5/c1-5-15-16-8-6-13(17-15)10-20(4)9-7-14-11(2)18-19-12(14)3/h6,8H,5,7,9-10H2,1-4H3,(H,18,19). The summed E-state index contributed by atoms with van der Waals surface area (Å²) in [5.41, 5.74) is 4.69. The molecule has 0 aliphatic carbocycles. The molecule has 1 N–H and O–H groups in total. The van der Waals surface area contributed by atoms with Gasteiger partial charge in [-0.25, -0.2) is 9.97 Å². The molecule has 0 spiro atoms. The van der Waals surface area contributed by atoms with Gasteiger partial charge in [0.1, 0.15) is 5.82 Å². The Morgan fingerprint density at radius 2 is 2.10 bits per heavy atom. The predicted molar refractivity (Wildman–Crippen MR) is 79.5 cm³/mol. The molecular formula is C15H23N5. The first-order valence-electron chi connectivity index (χ1n) is 7.10. The lowest BCUT2D eigenvalue weighted by Crippen LogP contribution is -2.22. The van der Waals surface area contributed by atoms with Crippen LogP contribution in [0, 0.1) is 13.8 Å². The van der Waals surface area contributed by atoms with E-state index in [1.54, 1.807) is 0 Å². The molecule has 0 saturated heterocycles. The number of rotatable bonds is 6. The summed E-state index contributed by atoms with van der Waals surface area (Å²) in [5, 5.41) is 7.27. The van der Waals surface area contributed by atoms with E-state index in [4.69, 9.17) is 0 Å². The van der Waals surface area contributed by atoms with Gasteiger partial charge >= 0.3 is 0 Å². The largest absolute Gasteiger partial charge is 0.300 e. The highest BCUT2D eigenvalue weighted by atomic mass is 15.1. The van der Waals surface area contributed by atoms with Crippen LogP contribution in [0.25, 0.3) is 0 Å². The van der Waals surface area contributed by atoms with Gasteiger partial charge in [-0.2, -0.15) is 5.10 Å². The summed E-state index contributed by atoms with van der Waals surface area (Å²) in [6.07, 6.45) is 3.74. The summed E-state index contributed by atoms with van der Waals surface area (Å²) < 4.78 is 0.